The van der Waals surface area contributed by atoms with Crippen molar-refractivity contribution in [3.63, 3.8) is 0 Å². The highest BCUT2D eigenvalue weighted by atomic mass is 79.9. The van der Waals surface area contributed by atoms with E-state index in [-0.39, 0.29) is 10.2 Å². The minimum Gasteiger partial charge on any atom is -0.461 e. The number of hydrogen-bond acceptors (Lipinski definition) is 3. The number of nitro benzene ring substituents is 1. The number of benzene rings is 1. The van der Waals surface area contributed by atoms with Crippen LogP contribution in [0.25, 0.3) is 0 Å². The van der Waals surface area contributed by atoms with E-state index in [4.69, 9.17) is 0 Å². The molecule has 0 amide bonds. The number of nitrogens with zero attached hydrogens (tertiary/aromatic N) is 1. The SMILES string of the molecule is O=[N+]([O-])c1c(F)ccc(OCF)c1Br. The third-order valence-electron chi connectivity index (χ3n) is 1.42. The molecular weight excluding hydrogens is 264 g/mol. The molecule has 0 N–H and O–H groups in total. The quantitative estimate of drug-likeness (QED) is 0.625. The van der Waals surface area contributed by atoms with Gasteiger partial charge in [-0.25, -0.2) is 4.39 Å². The first-order chi connectivity index (χ1) is 6.57. The highest BCUT2D eigenvalue weighted by Crippen LogP contribution is 2.36. The van der Waals surface area contributed by atoms with Crippen molar-refractivity contribution < 1.29 is 18.4 Å². The third-order valence-corrected chi connectivity index (χ3v) is 2.19. The molecule has 1 aromatic rings. The van der Waals surface area contributed by atoms with E-state index in [1.54, 1.807) is 0 Å². The van der Waals surface area contributed by atoms with E-state index >= 15 is 0 Å². The molecule has 1 rings (SSSR count). The Morgan fingerprint density at radius 2 is 2.21 bits per heavy atom. The summed E-state index contributed by atoms with van der Waals surface area (Å²) in [6.45, 7) is -1.14. The summed E-state index contributed by atoms with van der Waals surface area (Å²) >= 11 is 2.76. The van der Waals surface area contributed by atoms with Gasteiger partial charge in [0.15, 0.2) is 0 Å². The molecule has 1 aromatic carbocycles. The molecule has 0 aliphatic heterocycles. The number of alkyl halides is 1. The van der Waals surface area contributed by atoms with Crippen LogP contribution in [0.3, 0.4) is 0 Å². The molecule has 0 spiro atoms. The van der Waals surface area contributed by atoms with Crippen molar-refractivity contribution in [2.75, 3.05) is 6.86 Å². The van der Waals surface area contributed by atoms with E-state index < -0.39 is 23.3 Å². The lowest BCUT2D eigenvalue weighted by atomic mass is 10.3. The van der Waals surface area contributed by atoms with E-state index in [0.29, 0.717) is 0 Å². The molecule has 0 saturated carbocycles. The summed E-state index contributed by atoms with van der Waals surface area (Å²) in [7, 11) is 0. The molecule has 0 fully saturated rings. The van der Waals surface area contributed by atoms with Crippen LogP contribution in [-0.4, -0.2) is 11.8 Å². The molecule has 7 heteroatoms. The molecule has 76 valence electrons. The Morgan fingerprint density at radius 3 is 2.71 bits per heavy atom. The van der Waals surface area contributed by atoms with Gasteiger partial charge < -0.3 is 4.74 Å². The van der Waals surface area contributed by atoms with Crippen LogP contribution in [0.1, 0.15) is 0 Å². The van der Waals surface area contributed by atoms with Crippen LogP contribution in [0.5, 0.6) is 5.75 Å². The highest BCUT2D eigenvalue weighted by molar-refractivity contribution is 9.10. The fourth-order valence-electron chi connectivity index (χ4n) is 0.860. The lowest BCUT2D eigenvalue weighted by Gasteiger charge is -2.04. The first-order valence-electron chi connectivity index (χ1n) is 3.39. The van der Waals surface area contributed by atoms with Crippen molar-refractivity contribution in [2.24, 2.45) is 0 Å². The van der Waals surface area contributed by atoms with Gasteiger partial charge in [-0.3, -0.25) is 10.1 Å². The Kier molecular flexibility index (Phi) is 3.34. The van der Waals surface area contributed by atoms with Crippen LogP contribution < -0.4 is 4.74 Å². The van der Waals surface area contributed by atoms with Crippen LogP contribution in [0, 0.1) is 15.9 Å². The fourth-order valence-corrected chi connectivity index (χ4v) is 1.44. The lowest BCUT2D eigenvalue weighted by molar-refractivity contribution is -0.388. The number of nitro groups is 1. The summed E-state index contributed by atoms with van der Waals surface area (Å²) < 4.78 is 28.9. The Hall–Kier alpha value is -1.24. The van der Waals surface area contributed by atoms with Crippen LogP contribution in [-0.2, 0) is 0 Å². The Morgan fingerprint density at radius 1 is 1.57 bits per heavy atom. The second-order valence-corrected chi connectivity index (χ2v) is 3.01. The topological polar surface area (TPSA) is 52.4 Å². The average molecular weight is 268 g/mol. The van der Waals surface area contributed by atoms with Crippen LogP contribution in [0.4, 0.5) is 14.5 Å². The molecule has 0 atom stereocenters. The molecule has 0 radical (unpaired) electrons. The van der Waals surface area contributed by atoms with Crippen molar-refractivity contribution >= 4 is 21.6 Å². The zero-order valence-corrected chi connectivity index (χ0v) is 8.25. The van der Waals surface area contributed by atoms with Gasteiger partial charge in [-0.15, -0.1) is 0 Å². The fraction of sp³-hybridized carbons (Fsp3) is 0.143. The van der Waals surface area contributed by atoms with Crippen molar-refractivity contribution in [3.8, 4) is 5.75 Å². The second-order valence-electron chi connectivity index (χ2n) is 2.22. The van der Waals surface area contributed by atoms with E-state index in [0.717, 1.165) is 12.1 Å². The average Bonchev–Trinajstić information content (AvgIpc) is 2.10. The maximum absolute atomic E-state index is 12.9. The number of hydrogen-bond donors (Lipinski definition) is 0. The van der Waals surface area contributed by atoms with E-state index in [1.807, 2.05) is 0 Å². The summed E-state index contributed by atoms with van der Waals surface area (Å²) in [6.07, 6.45) is 0. The van der Waals surface area contributed by atoms with Gasteiger partial charge in [0.1, 0.15) is 10.2 Å². The molecule has 4 nitrogen and oxygen atoms in total. The van der Waals surface area contributed by atoms with Crippen LogP contribution >= 0.6 is 15.9 Å². The summed E-state index contributed by atoms with van der Waals surface area (Å²) in [5.41, 5.74) is -0.768. The van der Waals surface area contributed by atoms with E-state index in [1.165, 1.54) is 0 Å². The number of halogens is 3. The van der Waals surface area contributed by atoms with Gasteiger partial charge in [-0.1, -0.05) is 0 Å². The molecular formula is C7H4BrF2NO3. The molecule has 0 aliphatic rings. The van der Waals surface area contributed by atoms with Gasteiger partial charge in [-0.2, -0.15) is 4.39 Å². The monoisotopic (exact) mass is 267 g/mol. The lowest BCUT2D eigenvalue weighted by Crippen LogP contribution is -1.97. The predicted molar refractivity (Wildman–Crippen MR) is 47.4 cm³/mol. The van der Waals surface area contributed by atoms with Crippen molar-refractivity contribution in [1.82, 2.24) is 0 Å². The second kappa shape index (κ2) is 4.32. The maximum Gasteiger partial charge on any atom is 0.322 e. The van der Waals surface area contributed by atoms with Crippen LogP contribution in [0.2, 0.25) is 0 Å². The van der Waals surface area contributed by atoms with Crippen molar-refractivity contribution in [1.29, 1.82) is 0 Å². The smallest absolute Gasteiger partial charge is 0.322 e. The molecule has 0 saturated heterocycles. The third kappa shape index (κ3) is 1.98. The van der Waals surface area contributed by atoms with Gasteiger partial charge in [-0.05, 0) is 28.1 Å². The molecule has 0 bridgehead atoms. The van der Waals surface area contributed by atoms with E-state index in [9.17, 15) is 18.9 Å². The molecule has 0 aliphatic carbocycles. The largest absolute Gasteiger partial charge is 0.461 e. The first kappa shape index (κ1) is 10.8. The first-order valence-corrected chi connectivity index (χ1v) is 4.18. The van der Waals surface area contributed by atoms with Crippen molar-refractivity contribution in [2.45, 2.75) is 0 Å². The summed E-state index contributed by atoms with van der Waals surface area (Å²) in [4.78, 5) is 9.47. The van der Waals surface area contributed by atoms with E-state index in [2.05, 4.69) is 20.7 Å². The van der Waals surface area contributed by atoms with Gasteiger partial charge in [0.2, 0.25) is 12.7 Å². The van der Waals surface area contributed by atoms with Crippen molar-refractivity contribution in [3.05, 3.63) is 32.5 Å². The molecule has 0 heterocycles. The Balaban J connectivity index is 3.26. The van der Waals surface area contributed by atoms with Crippen LogP contribution in [0.15, 0.2) is 16.6 Å². The number of ether oxygens (including phenoxy) is 1. The Labute approximate surface area is 85.8 Å². The zero-order chi connectivity index (χ0) is 10.7. The standard InChI is InChI=1S/C7H4BrF2NO3/c8-6-5(14-3-9)2-1-4(10)7(6)11(12)13/h1-2H,3H2. The van der Waals surface area contributed by atoms with Gasteiger partial charge in [0, 0.05) is 0 Å². The predicted octanol–water partition coefficient (Wildman–Crippen LogP) is 2.80. The normalized spacial score (nSPS) is 9.93. The molecule has 0 aromatic heterocycles. The van der Waals surface area contributed by atoms with Gasteiger partial charge >= 0.3 is 5.69 Å². The Bertz CT molecular complexity index is 372. The van der Waals surface area contributed by atoms with Gasteiger partial charge in [0.05, 0.1) is 4.92 Å². The number of rotatable bonds is 3. The summed E-state index contributed by atoms with van der Waals surface area (Å²) in [5.74, 6) is -1.12. The molecule has 14 heavy (non-hydrogen) atoms. The summed E-state index contributed by atoms with van der Waals surface area (Å²) in [6, 6.07) is 1.94. The minimum atomic E-state index is -1.14. The summed E-state index contributed by atoms with van der Waals surface area (Å²) in [5, 5.41) is 10.4. The minimum absolute atomic E-state index is 0.111. The highest BCUT2D eigenvalue weighted by Gasteiger charge is 2.22. The zero-order valence-electron chi connectivity index (χ0n) is 6.67. The van der Waals surface area contributed by atoms with Gasteiger partial charge in [0.25, 0.3) is 0 Å². The molecule has 0 unspecified atom stereocenters. The maximum atomic E-state index is 12.9.